The summed E-state index contributed by atoms with van der Waals surface area (Å²) in [6.07, 6.45) is 2.46. The quantitative estimate of drug-likeness (QED) is 0.278. The number of nitrogens with zero attached hydrogens (tertiary/aromatic N) is 4. The van der Waals surface area contributed by atoms with Crippen LogP contribution in [0.1, 0.15) is 28.5 Å². The van der Waals surface area contributed by atoms with Gasteiger partial charge >= 0.3 is 0 Å². The number of rotatable bonds is 6. The largest absolute Gasteiger partial charge is 0.278 e. The third-order valence-corrected chi connectivity index (χ3v) is 6.16. The van der Waals surface area contributed by atoms with Gasteiger partial charge in [-0.15, -0.1) is 0 Å². The van der Waals surface area contributed by atoms with E-state index in [4.69, 9.17) is 16.6 Å². The molecule has 0 atom stereocenters. The highest BCUT2D eigenvalue weighted by Gasteiger charge is 2.26. The van der Waals surface area contributed by atoms with Crippen molar-refractivity contribution in [2.75, 3.05) is 4.90 Å². The average molecular weight is 453 g/mol. The molecule has 0 aliphatic heterocycles. The number of hydrogen-bond donors (Lipinski definition) is 0. The third-order valence-electron chi connectivity index (χ3n) is 4.79. The number of fused-ring (bicyclic) bond motifs is 1. The van der Waals surface area contributed by atoms with Crippen molar-refractivity contribution >= 4 is 49.9 Å². The number of nitro benzene ring substituents is 1. The summed E-state index contributed by atoms with van der Waals surface area (Å²) in [4.78, 5) is 34.7. The summed E-state index contributed by atoms with van der Waals surface area (Å²) in [7, 11) is 0. The van der Waals surface area contributed by atoms with Crippen LogP contribution < -0.4 is 4.90 Å². The number of benzene rings is 2. The van der Waals surface area contributed by atoms with Crippen LogP contribution in [0.4, 0.5) is 10.8 Å². The summed E-state index contributed by atoms with van der Waals surface area (Å²) in [5.41, 5.74) is 2.42. The second-order valence-electron chi connectivity index (χ2n) is 6.75. The average Bonchev–Trinajstić information content (AvgIpc) is 3.22. The van der Waals surface area contributed by atoms with Gasteiger partial charge in [0.2, 0.25) is 0 Å². The Morgan fingerprint density at radius 3 is 2.74 bits per heavy atom. The molecule has 7 nitrogen and oxygen atoms in total. The molecule has 0 N–H and O–H groups in total. The number of aromatic nitrogens is 2. The summed E-state index contributed by atoms with van der Waals surface area (Å²) in [6, 6.07) is 15.2. The summed E-state index contributed by atoms with van der Waals surface area (Å²) < 4.78 is 0.957. The standard InChI is InChI=1S/C22H17ClN4O3S/c1-2-14-6-5-8-19-20(14)25-22(31-19)26(13-15-7-3-4-11-24-15)21(28)17-12-16(27(29)30)9-10-18(17)23/h3-12H,2,13H2,1H3. The smallest absolute Gasteiger partial charge is 0.270 e. The van der Waals surface area contributed by atoms with E-state index in [2.05, 4.69) is 4.98 Å². The van der Waals surface area contributed by atoms with Gasteiger partial charge in [0.1, 0.15) is 0 Å². The maximum absolute atomic E-state index is 13.5. The molecule has 0 fully saturated rings. The second-order valence-corrected chi connectivity index (χ2v) is 8.16. The van der Waals surface area contributed by atoms with E-state index < -0.39 is 10.8 Å². The first-order valence-electron chi connectivity index (χ1n) is 9.52. The van der Waals surface area contributed by atoms with Crippen molar-refractivity contribution in [2.24, 2.45) is 0 Å². The number of thiazole rings is 1. The molecular weight excluding hydrogens is 436 g/mol. The SMILES string of the molecule is CCc1cccc2sc(N(Cc3ccccn3)C(=O)c3cc([N+](=O)[O-])ccc3Cl)nc12. The Balaban J connectivity index is 1.83. The van der Waals surface area contributed by atoms with Gasteiger partial charge in [0, 0.05) is 18.3 Å². The van der Waals surface area contributed by atoms with Crippen LogP contribution in [-0.4, -0.2) is 20.8 Å². The molecule has 2 aromatic heterocycles. The van der Waals surface area contributed by atoms with E-state index in [1.165, 1.54) is 34.4 Å². The number of amides is 1. The summed E-state index contributed by atoms with van der Waals surface area (Å²) in [6.45, 7) is 2.20. The highest BCUT2D eigenvalue weighted by molar-refractivity contribution is 7.22. The van der Waals surface area contributed by atoms with Crippen LogP contribution in [0, 0.1) is 10.1 Å². The molecule has 4 aromatic rings. The normalized spacial score (nSPS) is 10.9. The van der Waals surface area contributed by atoms with Gasteiger partial charge in [-0.3, -0.25) is 24.8 Å². The lowest BCUT2D eigenvalue weighted by Gasteiger charge is -2.20. The number of para-hydroxylation sites is 1. The Morgan fingerprint density at radius 1 is 1.19 bits per heavy atom. The van der Waals surface area contributed by atoms with Gasteiger partial charge in [0.05, 0.1) is 38.0 Å². The van der Waals surface area contributed by atoms with Crippen molar-refractivity contribution in [3.63, 3.8) is 0 Å². The van der Waals surface area contributed by atoms with E-state index in [0.717, 1.165) is 22.2 Å². The Labute approximate surface area is 187 Å². The van der Waals surface area contributed by atoms with Gasteiger partial charge in [-0.1, -0.05) is 48.1 Å². The molecule has 0 aliphatic carbocycles. The number of non-ortho nitro benzene ring substituents is 1. The molecule has 9 heteroatoms. The number of pyridine rings is 1. The Hall–Kier alpha value is -3.36. The van der Waals surface area contributed by atoms with Gasteiger partial charge in [-0.2, -0.15) is 0 Å². The van der Waals surface area contributed by atoms with E-state index in [-0.39, 0.29) is 22.8 Å². The van der Waals surface area contributed by atoms with Crippen molar-refractivity contribution in [3.05, 3.63) is 92.8 Å². The molecule has 0 spiro atoms. The molecule has 4 rings (SSSR count). The molecule has 0 saturated carbocycles. The van der Waals surface area contributed by atoms with Gasteiger partial charge in [-0.25, -0.2) is 4.98 Å². The van der Waals surface area contributed by atoms with E-state index in [1.54, 1.807) is 18.3 Å². The van der Waals surface area contributed by atoms with Gasteiger partial charge in [-0.05, 0) is 36.2 Å². The number of carbonyl (C=O) groups is 1. The van der Waals surface area contributed by atoms with Crippen LogP contribution in [0.5, 0.6) is 0 Å². The molecule has 0 bridgehead atoms. The van der Waals surface area contributed by atoms with Crippen molar-refractivity contribution < 1.29 is 9.72 Å². The van der Waals surface area contributed by atoms with Crippen LogP contribution in [-0.2, 0) is 13.0 Å². The number of aryl methyl sites for hydroxylation is 1. The zero-order chi connectivity index (χ0) is 22.0. The fourth-order valence-corrected chi connectivity index (χ4v) is 4.42. The first-order valence-corrected chi connectivity index (χ1v) is 10.7. The highest BCUT2D eigenvalue weighted by atomic mass is 35.5. The Kier molecular flexibility index (Phi) is 5.92. The molecule has 1 amide bonds. The van der Waals surface area contributed by atoms with Crippen LogP contribution in [0.2, 0.25) is 5.02 Å². The summed E-state index contributed by atoms with van der Waals surface area (Å²) in [5, 5.41) is 11.8. The molecule has 0 unspecified atom stereocenters. The van der Waals surface area contributed by atoms with Gasteiger partial charge in [0.25, 0.3) is 11.6 Å². The highest BCUT2D eigenvalue weighted by Crippen LogP contribution is 2.34. The number of carbonyl (C=O) groups excluding carboxylic acids is 1. The molecule has 0 saturated heterocycles. The molecule has 2 heterocycles. The van der Waals surface area contributed by atoms with Gasteiger partial charge < -0.3 is 0 Å². The fraction of sp³-hybridized carbons (Fsp3) is 0.136. The second kappa shape index (κ2) is 8.79. The van der Waals surface area contributed by atoms with E-state index >= 15 is 0 Å². The number of nitro groups is 1. The number of halogens is 1. The van der Waals surface area contributed by atoms with Crippen LogP contribution in [0.15, 0.2) is 60.8 Å². The molecule has 156 valence electrons. The molecule has 31 heavy (non-hydrogen) atoms. The van der Waals surface area contributed by atoms with Crippen molar-refractivity contribution in [1.29, 1.82) is 0 Å². The Morgan fingerprint density at radius 2 is 2.03 bits per heavy atom. The lowest BCUT2D eigenvalue weighted by atomic mass is 10.1. The monoisotopic (exact) mass is 452 g/mol. The summed E-state index contributed by atoms with van der Waals surface area (Å²) >= 11 is 7.64. The molecule has 0 radical (unpaired) electrons. The first-order chi connectivity index (χ1) is 15.0. The lowest BCUT2D eigenvalue weighted by Crippen LogP contribution is -2.31. The van der Waals surface area contributed by atoms with Crippen LogP contribution >= 0.6 is 22.9 Å². The molecule has 0 aliphatic rings. The minimum atomic E-state index is -0.554. The van der Waals surface area contributed by atoms with Crippen LogP contribution in [0.3, 0.4) is 0 Å². The van der Waals surface area contributed by atoms with E-state index in [9.17, 15) is 14.9 Å². The minimum absolute atomic E-state index is 0.0433. The zero-order valence-electron chi connectivity index (χ0n) is 16.5. The van der Waals surface area contributed by atoms with Crippen molar-refractivity contribution in [2.45, 2.75) is 19.9 Å². The first kappa shape index (κ1) is 20.9. The predicted octanol–water partition coefficient (Wildman–Crippen LogP) is 5.66. The molecular formula is C22H17ClN4O3S. The minimum Gasteiger partial charge on any atom is -0.278 e. The van der Waals surface area contributed by atoms with Crippen LogP contribution in [0.25, 0.3) is 10.2 Å². The fourth-order valence-electron chi connectivity index (χ4n) is 3.21. The third kappa shape index (κ3) is 4.26. The van der Waals surface area contributed by atoms with E-state index in [0.29, 0.717) is 10.8 Å². The maximum atomic E-state index is 13.5. The zero-order valence-corrected chi connectivity index (χ0v) is 18.1. The number of anilines is 1. The predicted molar refractivity (Wildman–Crippen MR) is 122 cm³/mol. The number of hydrogen-bond acceptors (Lipinski definition) is 6. The Bertz CT molecular complexity index is 1280. The maximum Gasteiger partial charge on any atom is 0.270 e. The van der Waals surface area contributed by atoms with Gasteiger partial charge in [0.15, 0.2) is 5.13 Å². The van der Waals surface area contributed by atoms with Crippen molar-refractivity contribution in [1.82, 2.24) is 9.97 Å². The topological polar surface area (TPSA) is 89.2 Å². The lowest BCUT2D eigenvalue weighted by molar-refractivity contribution is -0.384. The van der Waals surface area contributed by atoms with E-state index in [1.807, 2.05) is 31.2 Å². The molecule has 2 aromatic carbocycles. The summed E-state index contributed by atoms with van der Waals surface area (Å²) in [5.74, 6) is -0.476. The van der Waals surface area contributed by atoms with Crippen molar-refractivity contribution in [3.8, 4) is 0 Å².